The summed E-state index contributed by atoms with van der Waals surface area (Å²) in [5.41, 5.74) is -0.155. The van der Waals surface area contributed by atoms with Gasteiger partial charge in [-0.25, -0.2) is 4.39 Å². The maximum atomic E-state index is 13.8. The number of alkyl halides is 1. The first kappa shape index (κ1) is 14.5. The first-order valence-electron chi connectivity index (χ1n) is 5.58. The first-order valence-corrected chi connectivity index (χ1v) is 5.58. The third kappa shape index (κ3) is 3.02. The molecular formula is C14H11FN2O2. The lowest BCUT2D eigenvalue weighted by atomic mass is 9.94. The Morgan fingerprint density at radius 1 is 1.21 bits per heavy atom. The van der Waals surface area contributed by atoms with Crippen molar-refractivity contribution in [3.63, 3.8) is 0 Å². The van der Waals surface area contributed by atoms with Crippen LogP contribution in [0.1, 0.15) is 35.3 Å². The average Bonchev–Trinajstić information content (AvgIpc) is 2.43. The Morgan fingerprint density at radius 2 is 1.84 bits per heavy atom. The van der Waals surface area contributed by atoms with Gasteiger partial charge in [-0.3, -0.25) is 9.59 Å². The molecule has 0 fully saturated rings. The van der Waals surface area contributed by atoms with Crippen molar-refractivity contribution in [3.8, 4) is 12.1 Å². The minimum atomic E-state index is -2.30. The molecule has 1 atom stereocenters. The molecule has 5 heteroatoms. The van der Waals surface area contributed by atoms with Crippen molar-refractivity contribution in [3.05, 3.63) is 34.9 Å². The van der Waals surface area contributed by atoms with Crippen LogP contribution < -0.4 is 0 Å². The fourth-order valence-electron chi connectivity index (χ4n) is 1.47. The summed E-state index contributed by atoms with van der Waals surface area (Å²) in [6.07, 6.45) is -2.30. The molecule has 19 heavy (non-hydrogen) atoms. The van der Waals surface area contributed by atoms with Gasteiger partial charge in [0.05, 0.1) is 23.3 Å². The van der Waals surface area contributed by atoms with Crippen LogP contribution in [0.3, 0.4) is 0 Å². The number of hydrogen-bond donors (Lipinski definition) is 0. The average molecular weight is 258 g/mol. The molecule has 0 aliphatic rings. The first-order chi connectivity index (χ1) is 8.92. The van der Waals surface area contributed by atoms with Gasteiger partial charge in [0.1, 0.15) is 0 Å². The molecule has 0 aliphatic heterocycles. The molecule has 0 spiro atoms. The highest BCUT2D eigenvalue weighted by Crippen LogP contribution is 2.17. The van der Waals surface area contributed by atoms with Gasteiger partial charge in [0, 0.05) is 11.5 Å². The van der Waals surface area contributed by atoms with E-state index in [2.05, 4.69) is 0 Å². The van der Waals surface area contributed by atoms with Crippen LogP contribution in [0.2, 0.25) is 0 Å². The highest BCUT2D eigenvalue weighted by Gasteiger charge is 2.30. The molecule has 0 saturated heterocycles. The summed E-state index contributed by atoms with van der Waals surface area (Å²) >= 11 is 0. The highest BCUT2D eigenvalue weighted by molar-refractivity contribution is 6.14. The van der Waals surface area contributed by atoms with E-state index in [1.54, 1.807) is 12.1 Å². The number of hydrogen-bond acceptors (Lipinski definition) is 4. The lowest BCUT2D eigenvalue weighted by molar-refractivity contribution is -0.125. The van der Waals surface area contributed by atoms with E-state index in [-0.39, 0.29) is 16.7 Å². The van der Waals surface area contributed by atoms with Gasteiger partial charge in [0.2, 0.25) is 12.0 Å². The number of nitrogens with zero attached hydrogens (tertiary/aromatic N) is 2. The summed E-state index contributed by atoms with van der Waals surface area (Å²) in [6, 6.07) is 7.28. The smallest absolute Gasteiger partial charge is 0.221 e. The van der Waals surface area contributed by atoms with Crippen LogP contribution in [-0.2, 0) is 4.79 Å². The molecule has 0 saturated carbocycles. The van der Waals surface area contributed by atoms with Crippen molar-refractivity contribution >= 4 is 11.6 Å². The van der Waals surface area contributed by atoms with Gasteiger partial charge in [-0.15, -0.1) is 0 Å². The van der Waals surface area contributed by atoms with Crippen LogP contribution >= 0.6 is 0 Å². The second-order valence-corrected chi connectivity index (χ2v) is 4.27. The van der Waals surface area contributed by atoms with Crippen LogP contribution in [0.5, 0.6) is 0 Å². The zero-order chi connectivity index (χ0) is 14.6. The van der Waals surface area contributed by atoms with Crippen molar-refractivity contribution in [1.82, 2.24) is 0 Å². The van der Waals surface area contributed by atoms with Gasteiger partial charge >= 0.3 is 0 Å². The van der Waals surface area contributed by atoms with E-state index in [1.165, 1.54) is 26.0 Å². The number of benzene rings is 1. The molecule has 1 unspecified atom stereocenters. The molecule has 0 N–H and O–H groups in total. The van der Waals surface area contributed by atoms with E-state index in [4.69, 9.17) is 10.5 Å². The Bertz CT molecular complexity index is 609. The second kappa shape index (κ2) is 5.88. The van der Waals surface area contributed by atoms with Gasteiger partial charge in [0.15, 0.2) is 5.78 Å². The number of ketones is 2. The third-order valence-electron chi connectivity index (χ3n) is 2.58. The van der Waals surface area contributed by atoms with Crippen LogP contribution in [0.15, 0.2) is 18.2 Å². The van der Waals surface area contributed by atoms with Crippen molar-refractivity contribution in [1.29, 1.82) is 10.5 Å². The molecule has 96 valence electrons. The molecule has 0 amide bonds. The maximum Gasteiger partial charge on any atom is 0.221 e. The quantitative estimate of drug-likeness (QED) is 0.612. The molecule has 1 rings (SSSR count). The minimum Gasteiger partial charge on any atom is -0.296 e. The van der Waals surface area contributed by atoms with E-state index >= 15 is 0 Å². The Morgan fingerprint density at radius 3 is 2.32 bits per heavy atom. The molecule has 0 bridgehead atoms. The number of Topliss-reactive ketones (excluding diaryl/α,β-unsaturated/α-hetero) is 2. The Balaban J connectivity index is 3.23. The van der Waals surface area contributed by atoms with Crippen molar-refractivity contribution in [2.24, 2.45) is 5.92 Å². The van der Waals surface area contributed by atoms with E-state index in [0.29, 0.717) is 0 Å². The minimum absolute atomic E-state index is 0.0526. The molecule has 0 heterocycles. The molecule has 1 aromatic rings. The van der Waals surface area contributed by atoms with E-state index in [0.717, 1.165) is 6.07 Å². The predicted molar refractivity (Wildman–Crippen MR) is 64.9 cm³/mol. The molecule has 1 aromatic carbocycles. The summed E-state index contributed by atoms with van der Waals surface area (Å²) < 4.78 is 13.8. The van der Waals surface area contributed by atoms with Crippen molar-refractivity contribution in [2.45, 2.75) is 20.0 Å². The fourth-order valence-corrected chi connectivity index (χ4v) is 1.47. The highest BCUT2D eigenvalue weighted by atomic mass is 19.1. The van der Waals surface area contributed by atoms with Gasteiger partial charge in [-0.1, -0.05) is 13.8 Å². The monoisotopic (exact) mass is 258 g/mol. The van der Waals surface area contributed by atoms with Gasteiger partial charge in [-0.05, 0) is 18.2 Å². The number of rotatable bonds is 4. The Labute approximate surface area is 110 Å². The number of carbonyl (C=O) groups is 2. The fraction of sp³-hybridized carbons (Fsp3) is 0.286. The van der Waals surface area contributed by atoms with Crippen LogP contribution in [0.4, 0.5) is 4.39 Å². The molecule has 0 aromatic heterocycles. The summed E-state index contributed by atoms with van der Waals surface area (Å²) in [5.74, 6) is -2.53. The summed E-state index contributed by atoms with van der Waals surface area (Å²) in [7, 11) is 0. The number of halogens is 1. The predicted octanol–water partition coefficient (Wildman–Crippen LogP) is 2.18. The van der Waals surface area contributed by atoms with Gasteiger partial charge < -0.3 is 0 Å². The van der Waals surface area contributed by atoms with Crippen molar-refractivity contribution < 1.29 is 14.0 Å². The van der Waals surface area contributed by atoms with E-state index < -0.39 is 23.7 Å². The Hall–Kier alpha value is -2.53. The van der Waals surface area contributed by atoms with Gasteiger partial charge in [0.25, 0.3) is 0 Å². The molecular weight excluding hydrogens is 247 g/mol. The molecule has 4 nitrogen and oxygen atoms in total. The van der Waals surface area contributed by atoms with Crippen LogP contribution in [0, 0.1) is 28.6 Å². The largest absolute Gasteiger partial charge is 0.296 e. The lowest BCUT2D eigenvalue weighted by Gasteiger charge is -2.10. The topological polar surface area (TPSA) is 81.7 Å². The molecule has 0 aliphatic carbocycles. The maximum absolute atomic E-state index is 13.8. The third-order valence-corrected chi connectivity index (χ3v) is 2.58. The zero-order valence-electron chi connectivity index (χ0n) is 10.5. The Kier molecular flexibility index (Phi) is 4.50. The number of nitriles is 2. The summed E-state index contributed by atoms with van der Waals surface area (Å²) in [6.45, 7) is 2.97. The van der Waals surface area contributed by atoms with Gasteiger partial charge in [-0.2, -0.15) is 10.5 Å². The van der Waals surface area contributed by atoms with Crippen LogP contribution in [-0.4, -0.2) is 17.7 Å². The van der Waals surface area contributed by atoms with E-state index in [9.17, 15) is 14.0 Å². The lowest BCUT2D eigenvalue weighted by Crippen LogP contribution is -2.30. The molecule has 0 radical (unpaired) electrons. The number of carbonyl (C=O) groups excluding carboxylic acids is 2. The van der Waals surface area contributed by atoms with E-state index in [1.807, 2.05) is 0 Å². The normalized spacial score (nSPS) is 11.5. The van der Waals surface area contributed by atoms with Crippen LogP contribution in [0.25, 0.3) is 0 Å². The van der Waals surface area contributed by atoms with Crippen molar-refractivity contribution in [2.75, 3.05) is 0 Å². The summed E-state index contributed by atoms with van der Waals surface area (Å²) in [4.78, 5) is 23.4. The standard InChI is InChI=1S/C14H11FN2O2/c1-8(2)13(18)12(15)14(19)11-5-9(6-16)3-4-10(11)7-17/h3-5,8,12H,1-2H3. The summed E-state index contributed by atoms with van der Waals surface area (Å²) in [5, 5.41) is 17.6. The zero-order valence-corrected chi connectivity index (χ0v) is 10.5. The second-order valence-electron chi connectivity index (χ2n) is 4.27. The SMILES string of the molecule is CC(C)C(=O)C(F)C(=O)c1cc(C#N)ccc1C#N.